The molecule has 1 aromatic heterocycles. The predicted molar refractivity (Wildman–Crippen MR) is 98.2 cm³/mol. The molecule has 0 bridgehead atoms. The van der Waals surface area contributed by atoms with Crippen LogP contribution in [0.1, 0.15) is 61.9 Å². The smallest absolute Gasteiger partial charge is 0.328 e. The average molecular weight is 371 g/mol. The number of aromatic amines is 1. The molecule has 0 aliphatic heterocycles. The highest BCUT2D eigenvalue weighted by molar-refractivity contribution is 5.37. The summed E-state index contributed by atoms with van der Waals surface area (Å²) in [5.74, 6) is 0.468. The van der Waals surface area contributed by atoms with Gasteiger partial charge in [-0.25, -0.2) is 4.79 Å². The molecule has 8 nitrogen and oxygen atoms in total. The zero-order chi connectivity index (χ0) is 19.0. The lowest BCUT2D eigenvalue weighted by Gasteiger charge is -2.23. The fraction of sp³-hybridized carbons (Fsp3) is 0.474. The van der Waals surface area contributed by atoms with Crippen molar-refractivity contribution in [3.05, 3.63) is 66.5 Å². The fourth-order valence-electron chi connectivity index (χ4n) is 4.14. The first-order chi connectivity index (χ1) is 13.0. The molecule has 2 aliphatic rings. The summed E-state index contributed by atoms with van der Waals surface area (Å²) in [6, 6.07) is 5.77. The van der Waals surface area contributed by atoms with E-state index in [-0.39, 0.29) is 23.0 Å². The van der Waals surface area contributed by atoms with E-state index in [0.717, 1.165) is 32.1 Å². The number of nitrogens with one attached hydrogen (secondary N) is 1. The highest BCUT2D eigenvalue weighted by Crippen LogP contribution is 2.33. The van der Waals surface area contributed by atoms with Crippen molar-refractivity contribution in [3.8, 4) is 5.75 Å². The molecule has 0 saturated heterocycles. The van der Waals surface area contributed by atoms with Crippen molar-refractivity contribution in [2.45, 2.75) is 57.1 Å². The Morgan fingerprint density at radius 1 is 1.07 bits per heavy atom. The van der Waals surface area contributed by atoms with Gasteiger partial charge in [-0.1, -0.05) is 19.3 Å². The monoisotopic (exact) mass is 371 g/mol. The van der Waals surface area contributed by atoms with Crippen molar-refractivity contribution >= 4 is 5.69 Å². The largest absolute Gasteiger partial charge is 0.484 e. The van der Waals surface area contributed by atoms with Gasteiger partial charge in [0.15, 0.2) is 0 Å². The number of hydrogen-bond donors (Lipinski definition) is 1. The van der Waals surface area contributed by atoms with Crippen molar-refractivity contribution in [1.82, 2.24) is 9.55 Å². The standard InChI is InChI=1S/C19H21N3O5/c23-18-15-10-11-16(27-14-8-6-13(7-9-14)22(25)26)17(15)20-19(24)21(18)12-4-2-1-3-5-12/h6-9,12,16H,1-5,10-11H2,(H,20,24). The lowest BCUT2D eigenvalue weighted by atomic mass is 9.95. The molecule has 1 atom stereocenters. The van der Waals surface area contributed by atoms with Gasteiger partial charge < -0.3 is 9.72 Å². The molecule has 142 valence electrons. The number of benzene rings is 1. The van der Waals surface area contributed by atoms with Crippen LogP contribution in [0.4, 0.5) is 5.69 Å². The number of fused-ring (bicyclic) bond motifs is 1. The van der Waals surface area contributed by atoms with Crippen LogP contribution in [0.2, 0.25) is 0 Å². The molecule has 1 unspecified atom stereocenters. The zero-order valence-corrected chi connectivity index (χ0v) is 14.8. The molecule has 27 heavy (non-hydrogen) atoms. The molecular weight excluding hydrogens is 350 g/mol. The van der Waals surface area contributed by atoms with Gasteiger partial charge in [-0.3, -0.25) is 19.5 Å². The maximum atomic E-state index is 12.9. The predicted octanol–water partition coefficient (Wildman–Crippen LogP) is 3.02. The van der Waals surface area contributed by atoms with E-state index in [4.69, 9.17) is 4.74 Å². The lowest BCUT2D eigenvalue weighted by Crippen LogP contribution is -2.41. The summed E-state index contributed by atoms with van der Waals surface area (Å²) in [5, 5.41) is 10.7. The summed E-state index contributed by atoms with van der Waals surface area (Å²) >= 11 is 0. The topological polar surface area (TPSA) is 107 Å². The van der Waals surface area contributed by atoms with E-state index in [1.54, 1.807) is 0 Å². The number of non-ortho nitro benzene ring substituents is 1. The molecule has 0 amide bonds. The Balaban J connectivity index is 1.61. The second-order valence-corrected chi connectivity index (χ2v) is 7.19. The van der Waals surface area contributed by atoms with Crippen molar-refractivity contribution in [2.75, 3.05) is 0 Å². The molecular formula is C19H21N3O5. The summed E-state index contributed by atoms with van der Waals surface area (Å²) in [6.45, 7) is 0. The Morgan fingerprint density at radius 2 is 1.78 bits per heavy atom. The van der Waals surface area contributed by atoms with Crippen LogP contribution in [-0.4, -0.2) is 14.5 Å². The van der Waals surface area contributed by atoms with Gasteiger partial charge in [-0.2, -0.15) is 0 Å². The van der Waals surface area contributed by atoms with Gasteiger partial charge in [0.1, 0.15) is 11.9 Å². The van der Waals surface area contributed by atoms with E-state index in [1.807, 2.05) is 0 Å². The number of nitro groups is 1. The number of aromatic nitrogens is 2. The highest BCUT2D eigenvalue weighted by Gasteiger charge is 2.31. The Labute approximate surface area is 155 Å². The molecule has 1 aromatic carbocycles. The van der Waals surface area contributed by atoms with Crippen LogP contribution in [-0.2, 0) is 6.42 Å². The second kappa shape index (κ2) is 7.02. The van der Waals surface area contributed by atoms with Gasteiger partial charge in [-0.05, 0) is 37.8 Å². The van der Waals surface area contributed by atoms with Gasteiger partial charge in [0.2, 0.25) is 0 Å². The SMILES string of the molecule is O=c1[nH]c2c(c(=O)n1C1CCCCC1)CCC2Oc1ccc([N+](=O)[O-])cc1. The summed E-state index contributed by atoms with van der Waals surface area (Å²) in [7, 11) is 0. The second-order valence-electron chi connectivity index (χ2n) is 7.19. The van der Waals surface area contributed by atoms with Crippen molar-refractivity contribution in [2.24, 2.45) is 0 Å². The zero-order valence-electron chi connectivity index (χ0n) is 14.8. The van der Waals surface area contributed by atoms with Crippen molar-refractivity contribution < 1.29 is 9.66 Å². The Bertz CT molecular complexity index is 970. The Hall–Kier alpha value is -2.90. The summed E-state index contributed by atoms with van der Waals surface area (Å²) in [6.07, 6.45) is 5.68. The molecule has 1 fully saturated rings. The van der Waals surface area contributed by atoms with Gasteiger partial charge >= 0.3 is 5.69 Å². The number of ether oxygens (including phenoxy) is 1. The molecule has 1 saturated carbocycles. The van der Waals surface area contributed by atoms with Gasteiger partial charge in [-0.15, -0.1) is 0 Å². The first-order valence-electron chi connectivity index (χ1n) is 9.33. The molecule has 2 aromatic rings. The van der Waals surface area contributed by atoms with Crippen LogP contribution < -0.4 is 16.0 Å². The molecule has 1 N–H and O–H groups in total. The number of H-pyrrole nitrogens is 1. The first kappa shape index (κ1) is 17.5. The lowest BCUT2D eigenvalue weighted by molar-refractivity contribution is -0.384. The van der Waals surface area contributed by atoms with Crippen LogP contribution >= 0.6 is 0 Å². The third kappa shape index (κ3) is 3.27. The van der Waals surface area contributed by atoms with Crippen LogP contribution in [0.25, 0.3) is 0 Å². The molecule has 1 heterocycles. The van der Waals surface area contributed by atoms with Gasteiger partial charge in [0.05, 0.1) is 10.6 Å². The van der Waals surface area contributed by atoms with Gasteiger partial charge in [0.25, 0.3) is 11.2 Å². The third-order valence-electron chi connectivity index (χ3n) is 5.51. The van der Waals surface area contributed by atoms with E-state index in [0.29, 0.717) is 29.8 Å². The summed E-state index contributed by atoms with van der Waals surface area (Å²) in [4.78, 5) is 38.6. The van der Waals surface area contributed by atoms with E-state index in [1.165, 1.54) is 28.8 Å². The number of nitro benzene ring substituents is 1. The van der Waals surface area contributed by atoms with E-state index < -0.39 is 11.0 Å². The van der Waals surface area contributed by atoms with Crippen molar-refractivity contribution in [3.63, 3.8) is 0 Å². The summed E-state index contributed by atoms with van der Waals surface area (Å²) in [5.41, 5.74) is 0.570. The first-order valence-corrected chi connectivity index (χ1v) is 9.33. The Kier molecular flexibility index (Phi) is 4.55. The maximum Gasteiger partial charge on any atom is 0.328 e. The Morgan fingerprint density at radius 3 is 2.44 bits per heavy atom. The number of rotatable bonds is 4. The maximum absolute atomic E-state index is 12.9. The minimum Gasteiger partial charge on any atom is -0.484 e. The number of nitrogens with zero attached hydrogens (tertiary/aromatic N) is 2. The normalized spacial score (nSPS) is 19.6. The molecule has 4 rings (SSSR count). The van der Waals surface area contributed by atoms with Crippen LogP contribution in [0, 0.1) is 10.1 Å². The molecule has 2 aliphatic carbocycles. The molecule has 0 radical (unpaired) electrons. The summed E-state index contributed by atoms with van der Waals surface area (Å²) < 4.78 is 7.29. The van der Waals surface area contributed by atoms with Crippen LogP contribution in [0.5, 0.6) is 5.75 Å². The van der Waals surface area contributed by atoms with Gasteiger partial charge in [0, 0.05) is 23.7 Å². The quantitative estimate of drug-likeness (QED) is 0.657. The third-order valence-corrected chi connectivity index (χ3v) is 5.51. The van der Waals surface area contributed by atoms with E-state index >= 15 is 0 Å². The molecule has 8 heteroatoms. The minimum absolute atomic E-state index is 0.0158. The minimum atomic E-state index is -0.472. The van der Waals surface area contributed by atoms with E-state index in [9.17, 15) is 19.7 Å². The van der Waals surface area contributed by atoms with Crippen LogP contribution in [0.3, 0.4) is 0 Å². The van der Waals surface area contributed by atoms with Crippen LogP contribution in [0.15, 0.2) is 33.9 Å². The van der Waals surface area contributed by atoms with E-state index in [2.05, 4.69) is 4.98 Å². The van der Waals surface area contributed by atoms with Crippen molar-refractivity contribution in [1.29, 1.82) is 0 Å². The average Bonchev–Trinajstić information content (AvgIpc) is 3.06. The highest BCUT2D eigenvalue weighted by atomic mass is 16.6. The number of hydrogen-bond acceptors (Lipinski definition) is 5. The molecule has 0 spiro atoms. The fourth-order valence-corrected chi connectivity index (χ4v) is 4.14.